The highest BCUT2D eigenvalue weighted by molar-refractivity contribution is 6.43. The summed E-state index contributed by atoms with van der Waals surface area (Å²) < 4.78 is 0. The summed E-state index contributed by atoms with van der Waals surface area (Å²) in [6, 6.07) is 11.7. The fourth-order valence-electron chi connectivity index (χ4n) is 2.51. The number of nitrogens with one attached hydrogen (secondary N) is 1. The summed E-state index contributed by atoms with van der Waals surface area (Å²) in [7, 11) is 0. The van der Waals surface area contributed by atoms with Gasteiger partial charge in [0.15, 0.2) is 0 Å². The van der Waals surface area contributed by atoms with Crippen molar-refractivity contribution in [1.29, 1.82) is 0 Å². The maximum atomic E-state index is 12.6. The van der Waals surface area contributed by atoms with E-state index in [-0.39, 0.29) is 18.2 Å². The molecular formula is C17H14Cl2N2O2. The third-order valence-corrected chi connectivity index (χ3v) is 4.54. The number of rotatable bonds is 3. The van der Waals surface area contributed by atoms with Gasteiger partial charge in [0.1, 0.15) is 6.04 Å². The third-order valence-electron chi connectivity index (χ3n) is 3.72. The van der Waals surface area contributed by atoms with E-state index in [1.54, 1.807) is 30.3 Å². The van der Waals surface area contributed by atoms with E-state index in [4.69, 9.17) is 23.2 Å². The summed E-state index contributed by atoms with van der Waals surface area (Å²) in [6.45, 7) is 1.95. The number of halogens is 2. The molecule has 23 heavy (non-hydrogen) atoms. The molecule has 0 unspecified atom stereocenters. The van der Waals surface area contributed by atoms with Crippen molar-refractivity contribution in [2.24, 2.45) is 0 Å². The Balaban J connectivity index is 1.84. The Morgan fingerprint density at radius 2 is 1.78 bits per heavy atom. The fraction of sp³-hybridized carbons (Fsp3) is 0.176. The van der Waals surface area contributed by atoms with Crippen molar-refractivity contribution in [3.05, 3.63) is 58.1 Å². The van der Waals surface area contributed by atoms with E-state index in [1.807, 2.05) is 19.1 Å². The number of anilines is 2. The van der Waals surface area contributed by atoms with Crippen molar-refractivity contribution in [3.63, 3.8) is 0 Å². The number of carbonyl (C=O) groups is 2. The number of imide groups is 1. The van der Waals surface area contributed by atoms with Crippen LogP contribution in [0.3, 0.4) is 0 Å². The maximum absolute atomic E-state index is 12.6. The van der Waals surface area contributed by atoms with Gasteiger partial charge < -0.3 is 5.32 Å². The highest BCUT2D eigenvalue weighted by atomic mass is 35.5. The van der Waals surface area contributed by atoms with Gasteiger partial charge in [0, 0.05) is 0 Å². The molecule has 6 heteroatoms. The van der Waals surface area contributed by atoms with Crippen LogP contribution >= 0.6 is 23.2 Å². The molecule has 0 bridgehead atoms. The predicted octanol–water partition coefficient (Wildman–Crippen LogP) is 4.05. The molecular weight excluding hydrogens is 335 g/mol. The third kappa shape index (κ3) is 3.05. The van der Waals surface area contributed by atoms with Crippen molar-refractivity contribution in [1.82, 2.24) is 0 Å². The molecule has 3 rings (SSSR count). The summed E-state index contributed by atoms with van der Waals surface area (Å²) in [5.74, 6) is -0.538. The van der Waals surface area contributed by atoms with Gasteiger partial charge in [0.05, 0.1) is 27.8 Å². The van der Waals surface area contributed by atoms with Gasteiger partial charge in [0.25, 0.3) is 5.91 Å². The van der Waals surface area contributed by atoms with Crippen LogP contribution in [0.25, 0.3) is 0 Å². The van der Waals surface area contributed by atoms with Crippen LogP contribution in [0.4, 0.5) is 11.4 Å². The lowest BCUT2D eigenvalue weighted by atomic mass is 10.2. The normalized spacial score (nSPS) is 17.7. The van der Waals surface area contributed by atoms with Crippen LogP contribution in [0.2, 0.25) is 10.0 Å². The van der Waals surface area contributed by atoms with Crippen LogP contribution in [0.1, 0.15) is 12.0 Å². The van der Waals surface area contributed by atoms with Gasteiger partial charge in [-0.1, -0.05) is 47.0 Å². The first-order chi connectivity index (χ1) is 11.0. The molecule has 2 amide bonds. The average molecular weight is 349 g/mol. The highest BCUT2D eigenvalue weighted by Crippen LogP contribution is 2.32. The summed E-state index contributed by atoms with van der Waals surface area (Å²) in [5, 5.41) is 3.74. The van der Waals surface area contributed by atoms with Crippen molar-refractivity contribution in [2.45, 2.75) is 19.4 Å². The van der Waals surface area contributed by atoms with E-state index in [1.165, 1.54) is 4.90 Å². The Morgan fingerprint density at radius 3 is 2.48 bits per heavy atom. The van der Waals surface area contributed by atoms with Gasteiger partial charge in [-0.25, -0.2) is 4.90 Å². The Labute approximate surface area is 144 Å². The minimum atomic E-state index is -0.653. The Hall–Kier alpha value is -2.04. The second-order valence-corrected chi connectivity index (χ2v) is 6.19. The van der Waals surface area contributed by atoms with E-state index < -0.39 is 6.04 Å². The molecule has 1 aliphatic heterocycles. The summed E-state index contributed by atoms with van der Waals surface area (Å²) in [5.41, 5.74) is 2.18. The number of carbonyl (C=O) groups excluding carboxylic acids is 2. The number of aryl methyl sites for hydroxylation is 1. The molecule has 1 heterocycles. The SMILES string of the molecule is Cc1ccc(N2C(=O)C[C@H](Nc3cccc(Cl)c3Cl)C2=O)cc1. The van der Waals surface area contributed by atoms with Gasteiger partial charge in [-0.15, -0.1) is 0 Å². The lowest BCUT2D eigenvalue weighted by Gasteiger charge is -2.17. The second-order valence-electron chi connectivity index (χ2n) is 5.41. The second kappa shape index (κ2) is 6.22. The summed E-state index contributed by atoms with van der Waals surface area (Å²) in [4.78, 5) is 26.0. The van der Waals surface area contributed by atoms with E-state index in [0.717, 1.165) is 5.56 Å². The monoisotopic (exact) mass is 348 g/mol. The number of nitrogens with zero attached hydrogens (tertiary/aromatic N) is 1. The van der Waals surface area contributed by atoms with Crippen LogP contribution in [0, 0.1) is 6.92 Å². The minimum Gasteiger partial charge on any atom is -0.372 e. The molecule has 1 N–H and O–H groups in total. The lowest BCUT2D eigenvalue weighted by molar-refractivity contribution is -0.121. The smallest absolute Gasteiger partial charge is 0.256 e. The van der Waals surface area contributed by atoms with Crippen molar-refractivity contribution >= 4 is 46.4 Å². The molecule has 0 aromatic heterocycles. The topological polar surface area (TPSA) is 49.4 Å². The van der Waals surface area contributed by atoms with Crippen LogP contribution in [0.15, 0.2) is 42.5 Å². The quantitative estimate of drug-likeness (QED) is 0.851. The minimum absolute atomic E-state index is 0.0789. The fourth-order valence-corrected chi connectivity index (χ4v) is 2.87. The Kier molecular flexibility index (Phi) is 4.28. The molecule has 1 atom stereocenters. The standard InChI is InChI=1S/C17H14Cl2N2O2/c1-10-5-7-11(8-6-10)21-15(22)9-14(17(21)23)20-13-4-2-3-12(18)16(13)19/h2-8,14,20H,9H2,1H3/t14-/m0/s1. The molecule has 2 aromatic rings. The Morgan fingerprint density at radius 1 is 1.09 bits per heavy atom. The number of amides is 2. The van der Waals surface area contributed by atoms with Gasteiger partial charge in [-0.2, -0.15) is 0 Å². The zero-order valence-electron chi connectivity index (χ0n) is 12.3. The van der Waals surface area contributed by atoms with Gasteiger partial charge in [-0.3, -0.25) is 9.59 Å². The first-order valence-electron chi connectivity index (χ1n) is 7.11. The van der Waals surface area contributed by atoms with Crippen LogP contribution in [0.5, 0.6) is 0 Å². The van der Waals surface area contributed by atoms with Gasteiger partial charge in [-0.05, 0) is 31.2 Å². The zero-order valence-corrected chi connectivity index (χ0v) is 13.9. The van der Waals surface area contributed by atoms with Crippen molar-refractivity contribution in [3.8, 4) is 0 Å². The van der Waals surface area contributed by atoms with E-state index in [0.29, 0.717) is 21.4 Å². The zero-order chi connectivity index (χ0) is 16.6. The van der Waals surface area contributed by atoms with Gasteiger partial charge in [0.2, 0.25) is 5.91 Å². The number of hydrogen-bond acceptors (Lipinski definition) is 3. The molecule has 0 spiro atoms. The molecule has 0 radical (unpaired) electrons. The lowest BCUT2D eigenvalue weighted by Crippen LogP contribution is -2.34. The molecule has 1 aliphatic rings. The number of benzene rings is 2. The van der Waals surface area contributed by atoms with E-state index >= 15 is 0 Å². The van der Waals surface area contributed by atoms with Crippen LogP contribution in [-0.4, -0.2) is 17.9 Å². The van der Waals surface area contributed by atoms with Crippen molar-refractivity contribution < 1.29 is 9.59 Å². The van der Waals surface area contributed by atoms with E-state index in [2.05, 4.69) is 5.32 Å². The highest BCUT2D eigenvalue weighted by Gasteiger charge is 2.39. The first-order valence-corrected chi connectivity index (χ1v) is 7.87. The Bertz CT molecular complexity index is 775. The average Bonchev–Trinajstić information content (AvgIpc) is 2.79. The predicted molar refractivity (Wildman–Crippen MR) is 92.2 cm³/mol. The van der Waals surface area contributed by atoms with Crippen LogP contribution in [-0.2, 0) is 9.59 Å². The molecule has 1 saturated heterocycles. The van der Waals surface area contributed by atoms with Crippen molar-refractivity contribution in [2.75, 3.05) is 10.2 Å². The molecule has 2 aromatic carbocycles. The van der Waals surface area contributed by atoms with E-state index in [9.17, 15) is 9.59 Å². The van der Waals surface area contributed by atoms with Crippen LogP contribution < -0.4 is 10.2 Å². The molecule has 0 saturated carbocycles. The maximum Gasteiger partial charge on any atom is 0.256 e. The molecule has 1 fully saturated rings. The number of hydrogen-bond donors (Lipinski definition) is 1. The molecule has 118 valence electrons. The molecule has 0 aliphatic carbocycles. The summed E-state index contributed by atoms with van der Waals surface area (Å²) >= 11 is 12.1. The van der Waals surface area contributed by atoms with Gasteiger partial charge >= 0.3 is 0 Å². The molecule has 4 nitrogen and oxygen atoms in total. The first kappa shape index (κ1) is 15.8. The largest absolute Gasteiger partial charge is 0.372 e. The summed E-state index contributed by atoms with van der Waals surface area (Å²) in [6.07, 6.45) is 0.0789.